The van der Waals surface area contributed by atoms with Crippen LogP contribution in [0.15, 0.2) is 23.1 Å². The molecule has 1 fully saturated rings. The van der Waals surface area contributed by atoms with E-state index in [-0.39, 0.29) is 4.90 Å². The van der Waals surface area contributed by atoms with Crippen molar-refractivity contribution in [3.8, 4) is 0 Å². The SMILES string of the molecule is CCC1CCC(C)N1c1cc(S(=O)(=O)NC)ccc1N. The second-order valence-corrected chi connectivity index (χ2v) is 7.21. The van der Waals surface area contributed by atoms with Gasteiger partial charge in [0.25, 0.3) is 0 Å². The zero-order valence-corrected chi connectivity index (χ0v) is 13.1. The highest BCUT2D eigenvalue weighted by atomic mass is 32.2. The molecule has 1 aliphatic heterocycles. The molecular weight excluding hydrogens is 274 g/mol. The molecule has 1 heterocycles. The highest BCUT2D eigenvalue weighted by Gasteiger charge is 2.31. The molecule has 0 saturated carbocycles. The van der Waals surface area contributed by atoms with E-state index < -0.39 is 10.0 Å². The van der Waals surface area contributed by atoms with Crippen molar-refractivity contribution in [1.29, 1.82) is 0 Å². The Kier molecular flexibility index (Phi) is 4.25. The maximum absolute atomic E-state index is 11.9. The molecule has 0 bridgehead atoms. The summed E-state index contributed by atoms with van der Waals surface area (Å²) in [6, 6.07) is 5.73. The fraction of sp³-hybridized carbons (Fsp3) is 0.571. The van der Waals surface area contributed by atoms with Gasteiger partial charge in [-0.25, -0.2) is 13.1 Å². The molecule has 0 amide bonds. The summed E-state index contributed by atoms with van der Waals surface area (Å²) in [5.74, 6) is 0. The summed E-state index contributed by atoms with van der Waals surface area (Å²) >= 11 is 0. The van der Waals surface area contributed by atoms with Crippen LogP contribution in [0.4, 0.5) is 11.4 Å². The van der Waals surface area contributed by atoms with Crippen LogP contribution in [0, 0.1) is 0 Å². The minimum absolute atomic E-state index is 0.262. The Morgan fingerprint density at radius 2 is 2.10 bits per heavy atom. The van der Waals surface area contributed by atoms with Crippen LogP contribution in [0.5, 0.6) is 0 Å². The number of rotatable bonds is 4. The van der Waals surface area contributed by atoms with Crippen LogP contribution in [-0.2, 0) is 10.0 Å². The quantitative estimate of drug-likeness (QED) is 0.833. The Morgan fingerprint density at radius 1 is 1.40 bits per heavy atom. The number of benzene rings is 1. The van der Waals surface area contributed by atoms with Crippen LogP contribution in [0.2, 0.25) is 0 Å². The lowest BCUT2D eigenvalue weighted by atomic mass is 10.1. The standard InChI is InChI=1S/C14H23N3O2S/c1-4-11-6-5-10(2)17(11)14-9-12(7-8-13(14)15)20(18,19)16-3/h7-11,16H,4-6,15H2,1-3H3. The second kappa shape index (κ2) is 5.61. The fourth-order valence-electron chi connectivity index (χ4n) is 2.94. The normalized spacial score (nSPS) is 23.2. The molecule has 20 heavy (non-hydrogen) atoms. The third kappa shape index (κ3) is 2.62. The van der Waals surface area contributed by atoms with Gasteiger partial charge in [-0.15, -0.1) is 0 Å². The molecule has 0 aromatic heterocycles. The molecule has 1 aliphatic rings. The summed E-state index contributed by atoms with van der Waals surface area (Å²) in [4.78, 5) is 2.53. The molecule has 5 nitrogen and oxygen atoms in total. The summed E-state index contributed by atoms with van der Waals surface area (Å²) < 4.78 is 26.2. The minimum atomic E-state index is -3.44. The lowest BCUT2D eigenvalue weighted by Crippen LogP contribution is -2.35. The first-order chi connectivity index (χ1) is 9.40. The van der Waals surface area contributed by atoms with Crippen molar-refractivity contribution in [3.05, 3.63) is 18.2 Å². The van der Waals surface area contributed by atoms with E-state index in [4.69, 9.17) is 5.73 Å². The third-order valence-electron chi connectivity index (χ3n) is 4.12. The first-order valence-electron chi connectivity index (χ1n) is 7.02. The first-order valence-corrected chi connectivity index (χ1v) is 8.50. The summed E-state index contributed by atoms with van der Waals surface area (Å²) in [7, 11) is -2.03. The number of anilines is 2. The molecule has 2 unspecified atom stereocenters. The molecule has 0 aliphatic carbocycles. The Morgan fingerprint density at radius 3 is 2.70 bits per heavy atom. The van der Waals surface area contributed by atoms with E-state index in [2.05, 4.69) is 23.5 Å². The largest absolute Gasteiger partial charge is 0.397 e. The van der Waals surface area contributed by atoms with Crippen molar-refractivity contribution < 1.29 is 8.42 Å². The minimum Gasteiger partial charge on any atom is -0.397 e. The molecule has 1 saturated heterocycles. The van der Waals surface area contributed by atoms with E-state index in [0.717, 1.165) is 24.9 Å². The number of nitrogens with one attached hydrogen (secondary N) is 1. The van der Waals surface area contributed by atoms with Crippen LogP contribution in [0.25, 0.3) is 0 Å². The van der Waals surface area contributed by atoms with E-state index in [0.29, 0.717) is 17.8 Å². The van der Waals surface area contributed by atoms with Gasteiger partial charge >= 0.3 is 0 Å². The zero-order chi connectivity index (χ0) is 14.9. The average Bonchev–Trinajstić information content (AvgIpc) is 2.80. The molecule has 1 aromatic rings. The first kappa shape index (κ1) is 15.1. The Labute approximate surface area is 121 Å². The van der Waals surface area contributed by atoms with Gasteiger partial charge in [-0.1, -0.05) is 6.92 Å². The highest BCUT2D eigenvalue weighted by molar-refractivity contribution is 7.89. The summed E-state index contributed by atoms with van der Waals surface area (Å²) in [5, 5.41) is 0. The van der Waals surface area contributed by atoms with Gasteiger partial charge in [0.15, 0.2) is 0 Å². The molecule has 2 rings (SSSR count). The van der Waals surface area contributed by atoms with Gasteiger partial charge < -0.3 is 10.6 Å². The zero-order valence-electron chi connectivity index (χ0n) is 12.3. The smallest absolute Gasteiger partial charge is 0.240 e. The van der Waals surface area contributed by atoms with Crippen molar-refractivity contribution in [1.82, 2.24) is 4.72 Å². The molecule has 1 aromatic carbocycles. The molecule has 2 atom stereocenters. The van der Waals surface area contributed by atoms with Gasteiger partial charge in [0, 0.05) is 12.1 Å². The lowest BCUT2D eigenvalue weighted by molar-refractivity contribution is 0.587. The van der Waals surface area contributed by atoms with E-state index in [1.165, 1.54) is 7.05 Å². The van der Waals surface area contributed by atoms with Crippen LogP contribution in [0.3, 0.4) is 0 Å². The van der Waals surface area contributed by atoms with Gasteiger partial charge in [-0.05, 0) is 51.4 Å². The van der Waals surface area contributed by atoms with Crippen LogP contribution >= 0.6 is 0 Å². The lowest BCUT2D eigenvalue weighted by Gasteiger charge is -2.31. The number of sulfonamides is 1. The third-order valence-corrected chi connectivity index (χ3v) is 5.53. The Hall–Kier alpha value is -1.27. The van der Waals surface area contributed by atoms with Gasteiger partial charge in [-0.3, -0.25) is 0 Å². The topological polar surface area (TPSA) is 75.4 Å². The average molecular weight is 297 g/mol. The predicted molar refractivity (Wildman–Crippen MR) is 82.4 cm³/mol. The fourth-order valence-corrected chi connectivity index (χ4v) is 3.69. The molecule has 3 N–H and O–H groups in total. The molecule has 112 valence electrons. The van der Waals surface area contributed by atoms with E-state index >= 15 is 0 Å². The summed E-state index contributed by atoms with van der Waals surface area (Å²) in [6.07, 6.45) is 3.27. The van der Waals surface area contributed by atoms with E-state index in [1.54, 1.807) is 18.2 Å². The maximum atomic E-state index is 11.9. The molecule has 0 radical (unpaired) electrons. The Bertz CT molecular complexity index is 586. The van der Waals surface area contributed by atoms with Crippen LogP contribution < -0.4 is 15.4 Å². The molecule has 0 spiro atoms. The molecular formula is C14H23N3O2S. The Balaban J connectivity index is 2.48. The number of hydrogen-bond donors (Lipinski definition) is 2. The predicted octanol–water partition coefficient (Wildman–Crippen LogP) is 1.94. The van der Waals surface area contributed by atoms with Crippen LogP contribution in [-0.4, -0.2) is 27.5 Å². The van der Waals surface area contributed by atoms with Crippen molar-refractivity contribution >= 4 is 21.4 Å². The van der Waals surface area contributed by atoms with E-state index in [9.17, 15) is 8.42 Å². The number of nitrogens with zero attached hydrogens (tertiary/aromatic N) is 1. The monoisotopic (exact) mass is 297 g/mol. The van der Waals surface area contributed by atoms with E-state index in [1.807, 2.05) is 0 Å². The summed E-state index contributed by atoms with van der Waals surface area (Å²) in [5.41, 5.74) is 7.54. The van der Waals surface area contributed by atoms with Gasteiger partial charge in [-0.2, -0.15) is 0 Å². The van der Waals surface area contributed by atoms with Crippen LogP contribution in [0.1, 0.15) is 33.1 Å². The number of nitrogen functional groups attached to an aromatic ring is 1. The second-order valence-electron chi connectivity index (χ2n) is 5.32. The van der Waals surface area contributed by atoms with Crippen molar-refractivity contribution in [2.45, 2.75) is 50.1 Å². The van der Waals surface area contributed by atoms with Crippen molar-refractivity contribution in [2.75, 3.05) is 17.7 Å². The van der Waals surface area contributed by atoms with Gasteiger partial charge in [0.2, 0.25) is 10.0 Å². The number of hydrogen-bond acceptors (Lipinski definition) is 4. The van der Waals surface area contributed by atoms with Gasteiger partial charge in [0.05, 0.1) is 16.3 Å². The molecule has 6 heteroatoms. The maximum Gasteiger partial charge on any atom is 0.240 e. The van der Waals surface area contributed by atoms with Gasteiger partial charge in [0.1, 0.15) is 0 Å². The van der Waals surface area contributed by atoms with Crippen molar-refractivity contribution in [3.63, 3.8) is 0 Å². The summed E-state index contributed by atoms with van der Waals surface area (Å²) in [6.45, 7) is 4.31. The number of nitrogens with two attached hydrogens (primary N) is 1. The highest BCUT2D eigenvalue weighted by Crippen LogP contribution is 2.36. The van der Waals surface area contributed by atoms with Crippen molar-refractivity contribution in [2.24, 2.45) is 0 Å².